The average molecular weight is 661 g/mol. The quantitative estimate of drug-likeness (QED) is 0.129. The number of carbonyl (C=O) groups is 4. The molecule has 0 bridgehead atoms. The summed E-state index contributed by atoms with van der Waals surface area (Å²) < 4.78 is 21.4. The molecule has 246 valence electrons. The molecule has 3 aromatic carbocycles. The molecule has 0 aliphatic carbocycles. The fraction of sp³-hybridized carbons (Fsp3) is 0.257. The smallest absolute Gasteiger partial charge is 0.407 e. The first kappa shape index (κ1) is 34.5. The second kappa shape index (κ2) is 16.8. The molecule has 47 heavy (non-hydrogen) atoms. The molecule has 1 heterocycles. The van der Waals surface area contributed by atoms with Gasteiger partial charge in [-0.05, 0) is 54.2 Å². The van der Waals surface area contributed by atoms with Gasteiger partial charge in [-0.15, -0.1) is 11.3 Å². The molecular formula is C35H36N2O9S. The molecule has 0 fully saturated rings. The summed E-state index contributed by atoms with van der Waals surface area (Å²) in [4.78, 5) is 50.2. The second-order valence-corrected chi connectivity index (χ2v) is 11.5. The van der Waals surface area contributed by atoms with Gasteiger partial charge in [0, 0.05) is 10.4 Å². The van der Waals surface area contributed by atoms with Crippen molar-refractivity contribution >= 4 is 40.1 Å². The number of aryl methyl sites for hydroxylation is 3. The molecule has 4 rings (SSSR count). The van der Waals surface area contributed by atoms with E-state index in [1.54, 1.807) is 39.5 Å². The van der Waals surface area contributed by atoms with E-state index in [0.29, 0.717) is 40.5 Å². The number of hydrogen-bond donors (Lipinski definition) is 3. The highest BCUT2D eigenvalue weighted by Crippen LogP contribution is 2.38. The molecule has 0 spiro atoms. The normalized spacial score (nSPS) is 10.5. The number of thiophene rings is 1. The summed E-state index contributed by atoms with van der Waals surface area (Å²) in [5.41, 5.74) is 3.44. The number of ketones is 1. The van der Waals surface area contributed by atoms with Crippen molar-refractivity contribution < 1.29 is 43.2 Å². The molecule has 4 aromatic rings. The zero-order valence-corrected chi connectivity index (χ0v) is 27.1. The fourth-order valence-electron chi connectivity index (χ4n) is 4.70. The van der Waals surface area contributed by atoms with Gasteiger partial charge >= 0.3 is 12.1 Å². The number of amides is 2. The molecular weight excluding hydrogens is 624 g/mol. The maximum atomic E-state index is 13.6. The highest BCUT2D eigenvalue weighted by atomic mass is 32.1. The number of ether oxygens (including phenoxy) is 4. The summed E-state index contributed by atoms with van der Waals surface area (Å²) in [6.45, 7) is -0.334. The van der Waals surface area contributed by atoms with E-state index in [-0.39, 0.29) is 42.3 Å². The van der Waals surface area contributed by atoms with Gasteiger partial charge in [0.05, 0.1) is 33.3 Å². The average Bonchev–Trinajstić information content (AvgIpc) is 3.49. The summed E-state index contributed by atoms with van der Waals surface area (Å²) in [7, 11) is 4.69. The number of hydrogen-bond acceptors (Lipinski definition) is 9. The number of carboxylic acid groups (broad SMARTS) is 1. The van der Waals surface area contributed by atoms with Crippen molar-refractivity contribution in [1.29, 1.82) is 0 Å². The molecule has 0 aliphatic rings. The molecule has 0 unspecified atom stereocenters. The van der Waals surface area contributed by atoms with Crippen molar-refractivity contribution in [2.45, 2.75) is 32.3 Å². The Bertz CT molecular complexity index is 1680. The lowest BCUT2D eigenvalue weighted by Crippen LogP contribution is -2.33. The summed E-state index contributed by atoms with van der Waals surface area (Å²) >= 11 is 1.12. The Morgan fingerprint density at radius 3 is 2.04 bits per heavy atom. The minimum absolute atomic E-state index is 0.0502. The van der Waals surface area contributed by atoms with E-state index in [0.717, 1.165) is 28.0 Å². The number of aliphatic carboxylic acids is 1. The van der Waals surface area contributed by atoms with E-state index < -0.39 is 18.0 Å². The summed E-state index contributed by atoms with van der Waals surface area (Å²) in [5.74, 6) is -0.202. The molecule has 3 N–H and O–H groups in total. The molecule has 0 aliphatic heterocycles. The monoisotopic (exact) mass is 660 g/mol. The number of anilines is 1. The van der Waals surface area contributed by atoms with Crippen molar-refractivity contribution in [3.8, 4) is 17.2 Å². The number of carbonyl (C=O) groups excluding carboxylic acids is 3. The number of rotatable bonds is 16. The van der Waals surface area contributed by atoms with Crippen LogP contribution < -0.4 is 24.8 Å². The first-order valence-corrected chi connectivity index (χ1v) is 15.5. The van der Waals surface area contributed by atoms with E-state index in [9.17, 15) is 19.2 Å². The molecule has 0 atom stereocenters. The van der Waals surface area contributed by atoms with Crippen LogP contribution in [0, 0.1) is 0 Å². The summed E-state index contributed by atoms with van der Waals surface area (Å²) in [6.07, 6.45) is 0.675. The number of alkyl carbamates (subject to hydrolysis) is 1. The molecule has 11 nitrogen and oxygen atoms in total. The van der Waals surface area contributed by atoms with E-state index in [1.165, 1.54) is 0 Å². The molecule has 0 saturated heterocycles. The van der Waals surface area contributed by atoms with E-state index in [4.69, 9.17) is 24.1 Å². The van der Waals surface area contributed by atoms with Crippen LogP contribution >= 0.6 is 11.3 Å². The third-order valence-electron chi connectivity index (χ3n) is 7.11. The van der Waals surface area contributed by atoms with Gasteiger partial charge in [-0.3, -0.25) is 14.4 Å². The number of benzene rings is 3. The van der Waals surface area contributed by atoms with E-state index >= 15 is 0 Å². The maximum Gasteiger partial charge on any atom is 0.407 e. The predicted octanol–water partition coefficient (Wildman–Crippen LogP) is 5.67. The largest absolute Gasteiger partial charge is 0.493 e. The van der Waals surface area contributed by atoms with Gasteiger partial charge in [-0.2, -0.15) is 0 Å². The van der Waals surface area contributed by atoms with Gasteiger partial charge in [0.25, 0.3) is 0 Å². The lowest BCUT2D eigenvalue weighted by atomic mass is 9.99. The van der Waals surface area contributed by atoms with Gasteiger partial charge in [0.15, 0.2) is 17.3 Å². The summed E-state index contributed by atoms with van der Waals surface area (Å²) in [6, 6.07) is 21.7. The Morgan fingerprint density at radius 1 is 0.766 bits per heavy atom. The van der Waals surface area contributed by atoms with Crippen molar-refractivity contribution in [2.24, 2.45) is 0 Å². The van der Waals surface area contributed by atoms with Gasteiger partial charge in [-0.25, -0.2) is 4.79 Å². The Labute approximate surface area is 276 Å². The molecule has 0 radical (unpaired) electrons. The van der Waals surface area contributed by atoms with Crippen molar-refractivity contribution in [1.82, 2.24) is 5.32 Å². The van der Waals surface area contributed by atoms with Crippen molar-refractivity contribution in [2.75, 3.05) is 33.2 Å². The molecule has 12 heteroatoms. The van der Waals surface area contributed by atoms with Crippen LogP contribution in [0.2, 0.25) is 0 Å². The Kier molecular flexibility index (Phi) is 12.3. The number of methoxy groups -OCH3 is 3. The molecule has 1 aromatic heterocycles. The van der Waals surface area contributed by atoms with Crippen LogP contribution in [-0.4, -0.2) is 56.7 Å². The molecule has 0 saturated carbocycles. The third-order valence-corrected chi connectivity index (χ3v) is 8.23. The highest BCUT2D eigenvalue weighted by molar-refractivity contribution is 7.16. The van der Waals surface area contributed by atoms with Crippen LogP contribution in [0.5, 0.6) is 17.2 Å². The van der Waals surface area contributed by atoms with Crippen LogP contribution in [0.1, 0.15) is 43.9 Å². The first-order valence-electron chi connectivity index (χ1n) is 14.7. The minimum Gasteiger partial charge on any atom is -0.493 e. The van der Waals surface area contributed by atoms with Crippen molar-refractivity contribution in [3.63, 3.8) is 0 Å². The van der Waals surface area contributed by atoms with Gasteiger partial charge in [0.2, 0.25) is 11.7 Å². The van der Waals surface area contributed by atoms with Crippen LogP contribution in [0.15, 0.2) is 72.8 Å². The van der Waals surface area contributed by atoms with E-state index in [1.807, 2.05) is 54.6 Å². The topological polar surface area (TPSA) is 149 Å². The van der Waals surface area contributed by atoms with Crippen LogP contribution in [0.4, 0.5) is 9.80 Å². The second-order valence-electron chi connectivity index (χ2n) is 10.4. The van der Waals surface area contributed by atoms with Crippen LogP contribution in [0.25, 0.3) is 0 Å². The van der Waals surface area contributed by atoms with Gasteiger partial charge < -0.3 is 34.7 Å². The number of nitrogens with one attached hydrogen (secondary N) is 2. The van der Waals surface area contributed by atoms with Gasteiger partial charge in [-0.1, -0.05) is 54.6 Å². The zero-order valence-electron chi connectivity index (χ0n) is 26.3. The SMILES string of the molecule is COc1cc(CCc2ccc(C(=O)c3cc(CCC(=O)O)sc3NC(=O)CNC(=O)OCc3ccccc3)cc2)cc(OC)c1OC. The highest BCUT2D eigenvalue weighted by Gasteiger charge is 2.21. The Morgan fingerprint density at radius 2 is 1.43 bits per heavy atom. The predicted molar refractivity (Wildman–Crippen MR) is 177 cm³/mol. The number of carboxylic acids is 1. The maximum absolute atomic E-state index is 13.6. The van der Waals surface area contributed by atoms with Crippen LogP contribution in [-0.2, 0) is 40.2 Å². The van der Waals surface area contributed by atoms with E-state index in [2.05, 4.69) is 10.6 Å². The lowest BCUT2D eigenvalue weighted by Gasteiger charge is -2.14. The standard InChI is InChI=1S/C35H36N2O9S/c1-43-28-17-24(18-29(44-2)33(28)45-3)10-9-22-11-13-25(14-12-22)32(41)27-19-26(15-16-31(39)40)47-34(27)37-30(38)20-36-35(42)46-21-23-7-5-4-6-8-23/h4-8,11-14,17-19H,9-10,15-16,20-21H2,1-3H3,(H,36,42)(H,37,38)(H,39,40). The zero-order chi connectivity index (χ0) is 33.8. The lowest BCUT2D eigenvalue weighted by molar-refractivity contribution is -0.137. The summed E-state index contributed by atoms with van der Waals surface area (Å²) in [5, 5.41) is 14.5. The van der Waals surface area contributed by atoms with Crippen LogP contribution in [0.3, 0.4) is 0 Å². The Hall–Kier alpha value is -5.36. The fourth-order valence-corrected chi connectivity index (χ4v) is 5.77. The molecule has 2 amide bonds. The minimum atomic E-state index is -0.975. The third kappa shape index (κ3) is 9.81. The van der Waals surface area contributed by atoms with Crippen molar-refractivity contribution in [3.05, 3.63) is 105 Å². The van der Waals surface area contributed by atoms with Gasteiger partial charge in [0.1, 0.15) is 18.2 Å². The first-order chi connectivity index (χ1) is 22.7. The Balaban J connectivity index is 1.41.